The zero-order valence-corrected chi connectivity index (χ0v) is 12.8. The second kappa shape index (κ2) is 8.41. The Balaban J connectivity index is 2.65. The fourth-order valence-corrected chi connectivity index (χ4v) is 2.01. The Morgan fingerprint density at radius 3 is 2.76 bits per heavy atom. The van der Waals surface area contributed by atoms with E-state index in [2.05, 4.69) is 10.5 Å². The molecule has 0 spiro atoms. The number of nitrogens with zero attached hydrogens (tertiary/aromatic N) is 2. The molecule has 0 aliphatic carbocycles. The first-order chi connectivity index (χ1) is 9.93. The number of carboxylic acids is 1. The van der Waals surface area contributed by atoms with Crippen molar-refractivity contribution in [3.8, 4) is 0 Å². The van der Waals surface area contributed by atoms with Crippen LogP contribution in [0.2, 0.25) is 0 Å². The van der Waals surface area contributed by atoms with E-state index in [1.165, 1.54) is 0 Å². The van der Waals surface area contributed by atoms with Crippen LogP contribution in [0.5, 0.6) is 0 Å². The van der Waals surface area contributed by atoms with Crippen LogP contribution in [-0.4, -0.2) is 46.7 Å². The van der Waals surface area contributed by atoms with Gasteiger partial charge in [0, 0.05) is 12.6 Å². The second-order valence-electron chi connectivity index (χ2n) is 5.09. The highest BCUT2D eigenvalue weighted by Gasteiger charge is 2.23. The lowest BCUT2D eigenvalue weighted by Crippen LogP contribution is -2.42. The predicted molar refractivity (Wildman–Crippen MR) is 78.1 cm³/mol. The molecule has 0 saturated heterocycles. The third-order valence-corrected chi connectivity index (χ3v) is 3.22. The standard InChI is InChI=1S/C14H23N3O4/c1-4-5-6-11(17(3)8-7-13(18)19)14(20)15-12-9-10(2)21-16-12/h9,11H,4-8H2,1-3H3,(H,18,19)(H,15,16,20). The number of likely N-dealkylation sites (N-methyl/N-ethyl adjacent to an activating group) is 1. The SMILES string of the molecule is CCCCC(C(=O)Nc1cc(C)on1)N(C)CCC(=O)O. The summed E-state index contributed by atoms with van der Waals surface area (Å²) in [7, 11) is 1.76. The van der Waals surface area contributed by atoms with Gasteiger partial charge < -0.3 is 14.9 Å². The topological polar surface area (TPSA) is 95.7 Å². The van der Waals surface area contributed by atoms with E-state index in [1.807, 2.05) is 6.92 Å². The lowest BCUT2D eigenvalue weighted by atomic mass is 10.1. The molecule has 1 atom stereocenters. The molecule has 1 aromatic rings. The third kappa shape index (κ3) is 5.95. The maximum absolute atomic E-state index is 12.3. The van der Waals surface area contributed by atoms with Gasteiger partial charge in [-0.05, 0) is 20.4 Å². The average molecular weight is 297 g/mol. The number of nitrogens with one attached hydrogen (secondary N) is 1. The van der Waals surface area contributed by atoms with Crippen molar-refractivity contribution in [2.45, 2.75) is 45.6 Å². The van der Waals surface area contributed by atoms with Gasteiger partial charge in [-0.2, -0.15) is 0 Å². The summed E-state index contributed by atoms with van der Waals surface area (Å²) in [6.45, 7) is 4.12. The Labute approximate surface area is 124 Å². The Morgan fingerprint density at radius 1 is 1.52 bits per heavy atom. The summed E-state index contributed by atoms with van der Waals surface area (Å²) >= 11 is 0. The normalized spacial score (nSPS) is 12.4. The maximum atomic E-state index is 12.3. The monoisotopic (exact) mass is 297 g/mol. The van der Waals surface area contributed by atoms with E-state index >= 15 is 0 Å². The molecule has 0 radical (unpaired) electrons. The van der Waals surface area contributed by atoms with Gasteiger partial charge in [0.25, 0.3) is 0 Å². The van der Waals surface area contributed by atoms with Gasteiger partial charge in [0.2, 0.25) is 5.91 Å². The number of hydrogen-bond acceptors (Lipinski definition) is 5. The zero-order valence-electron chi connectivity index (χ0n) is 12.8. The first-order valence-corrected chi connectivity index (χ1v) is 7.10. The second-order valence-corrected chi connectivity index (χ2v) is 5.09. The van der Waals surface area contributed by atoms with Crippen LogP contribution in [0, 0.1) is 6.92 Å². The molecule has 0 aromatic carbocycles. The molecule has 0 saturated carbocycles. The highest BCUT2D eigenvalue weighted by Crippen LogP contribution is 2.13. The molecule has 1 unspecified atom stereocenters. The van der Waals surface area contributed by atoms with Crippen molar-refractivity contribution in [2.24, 2.45) is 0 Å². The molecule has 0 fully saturated rings. The minimum absolute atomic E-state index is 0.00940. The molecule has 2 N–H and O–H groups in total. The van der Waals surface area contributed by atoms with Crippen LogP contribution in [0.25, 0.3) is 0 Å². The predicted octanol–water partition coefficient (Wildman–Crippen LogP) is 1.89. The van der Waals surface area contributed by atoms with Gasteiger partial charge in [-0.3, -0.25) is 14.5 Å². The summed E-state index contributed by atoms with van der Waals surface area (Å²) in [4.78, 5) is 24.8. The number of aromatic nitrogens is 1. The molecule has 0 aliphatic rings. The van der Waals surface area contributed by atoms with Crippen LogP contribution in [0.4, 0.5) is 5.82 Å². The number of hydrogen-bond donors (Lipinski definition) is 2. The Hall–Kier alpha value is -1.89. The molecular formula is C14H23N3O4. The smallest absolute Gasteiger partial charge is 0.304 e. The number of carbonyl (C=O) groups is 2. The number of amides is 1. The van der Waals surface area contributed by atoms with Crippen molar-refractivity contribution in [1.29, 1.82) is 0 Å². The molecule has 0 bridgehead atoms. The summed E-state index contributed by atoms with van der Waals surface area (Å²) in [6, 6.07) is 1.27. The molecule has 1 amide bonds. The Bertz CT molecular complexity index is 473. The lowest BCUT2D eigenvalue weighted by molar-refractivity contribution is -0.138. The number of unbranched alkanes of at least 4 members (excludes halogenated alkanes) is 1. The summed E-state index contributed by atoms with van der Waals surface area (Å²) in [5.74, 6) is -0.0615. The average Bonchev–Trinajstić information content (AvgIpc) is 2.82. The van der Waals surface area contributed by atoms with Crippen molar-refractivity contribution < 1.29 is 19.2 Å². The van der Waals surface area contributed by atoms with Gasteiger partial charge in [0.05, 0.1) is 12.5 Å². The summed E-state index contributed by atoms with van der Waals surface area (Å²) < 4.78 is 4.91. The van der Waals surface area contributed by atoms with Crippen molar-refractivity contribution in [3.63, 3.8) is 0 Å². The van der Waals surface area contributed by atoms with Crippen LogP contribution in [0.3, 0.4) is 0 Å². The summed E-state index contributed by atoms with van der Waals surface area (Å²) in [5, 5.41) is 15.2. The number of aliphatic carboxylic acids is 1. The summed E-state index contributed by atoms with van der Waals surface area (Å²) in [5.41, 5.74) is 0. The van der Waals surface area contributed by atoms with E-state index in [0.29, 0.717) is 24.5 Å². The third-order valence-electron chi connectivity index (χ3n) is 3.22. The minimum atomic E-state index is -0.872. The summed E-state index contributed by atoms with van der Waals surface area (Å²) in [6.07, 6.45) is 2.55. The molecule has 118 valence electrons. The van der Waals surface area contributed by atoms with Gasteiger partial charge in [-0.25, -0.2) is 0 Å². The molecule has 1 rings (SSSR count). The van der Waals surface area contributed by atoms with Crippen LogP contribution in [0.15, 0.2) is 10.6 Å². The quantitative estimate of drug-likeness (QED) is 0.722. The van der Waals surface area contributed by atoms with E-state index in [0.717, 1.165) is 12.8 Å². The van der Waals surface area contributed by atoms with Gasteiger partial charge >= 0.3 is 5.97 Å². The van der Waals surface area contributed by atoms with E-state index in [9.17, 15) is 9.59 Å². The van der Waals surface area contributed by atoms with Crippen molar-refractivity contribution >= 4 is 17.7 Å². The fourth-order valence-electron chi connectivity index (χ4n) is 2.01. The minimum Gasteiger partial charge on any atom is -0.481 e. The van der Waals surface area contributed by atoms with E-state index in [4.69, 9.17) is 9.63 Å². The zero-order chi connectivity index (χ0) is 15.8. The molecule has 21 heavy (non-hydrogen) atoms. The van der Waals surface area contributed by atoms with Gasteiger partial charge in [-0.15, -0.1) is 0 Å². The fraction of sp³-hybridized carbons (Fsp3) is 0.643. The Morgan fingerprint density at radius 2 is 2.24 bits per heavy atom. The van der Waals surface area contributed by atoms with Crippen molar-refractivity contribution in [1.82, 2.24) is 10.1 Å². The van der Waals surface area contributed by atoms with Crippen LogP contribution in [-0.2, 0) is 9.59 Å². The highest BCUT2D eigenvalue weighted by atomic mass is 16.5. The number of anilines is 1. The Kier molecular flexibility index (Phi) is 6.87. The van der Waals surface area contributed by atoms with Crippen LogP contribution < -0.4 is 5.32 Å². The lowest BCUT2D eigenvalue weighted by Gasteiger charge is -2.26. The maximum Gasteiger partial charge on any atom is 0.304 e. The van der Waals surface area contributed by atoms with Crippen molar-refractivity contribution in [3.05, 3.63) is 11.8 Å². The number of aryl methyl sites for hydroxylation is 1. The van der Waals surface area contributed by atoms with Crippen molar-refractivity contribution in [2.75, 3.05) is 18.9 Å². The van der Waals surface area contributed by atoms with Gasteiger partial charge in [0.1, 0.15) is 5.76 Å². The van der Waals surface area contributed by atoms with E-state index in [-0.39, 0.29) is 18.4 Å². The first-order valence-electron chi connectivity index (χ1n) is 7.10. The van der Waals surface area contributed by atoms with E-state index in [1.54, 1.807) is 24.9 Å². The van der Waals surface area contributed by atoms with Crippen LogP contribution >= 0.6 is 0 Å². The highest BCUT2D eigenvalue weighted by molar-refractivity contribution is 5.94. The largest absolute Gasteiger partial charge is 0.481 e. The number of carbonyl (C=O) groups excluding carboxylic acids is 1. The van der Waals surface area contributed by atoms with Crippen LogP contribution in [0.1, 0.15) is 38.4 Å². The van der Waals surface area contributed by atoms with E-state index < -0.39 is 5.97 Å². The molecular weight excluding hydrogens is 274 g/mol. The first kappa shape index (κ1) is 17.2. The molecule has 7 heteroatoms. The number of rotatable bonds is 9. The van der Waals surface area contributed by atoms with Gasteiger partial charge in [-0.1, -0.05) is 24.9 Å². The molecule has 1 heterocycles. The molecule has 1 aromatic heterocycles. The van der Waals surface area contributed by atoms with Gasteiger partial charge in [0.15, 0.2) is 5.82 Å². The molecule has 0 aliphatic heterocycles. The number of carboxylic acid groups (broad SMARTS) is 1. The molecule has 7 nitrogen and oxygen atoms in total.